The maximum absolute atomic E-state index is 12.6. The Hall–Kier alpha value is -3.00. The van der Waals surface area contributed by atoms with Gasteiger partial charge < -0.3 is 17.7 Å². The van der Waals surface area contributed by atoms with Crippen molar-refractivity contribution in [2.45, 2.75) is 0 Å². The van der Waals surface area contributed by atoms with Crippen molar-refractivity contribution in [1.82, 2.24) is 10.3 Å². The van der Waals surface area contributed by atoms with E-state index in [4.69, 9.17) is 0 Å². The van der Waals surface area contributed by atoms with Crippen LogP contribution in [0.4, 0.5) is 0 Å². The van der Waals surface area contributed by atoms with Gasteiger partial charge in [-0.1, -0.05) is 54.6 Å². The summed E-state index contributed by atoms with van der Waals surface area (Å²) in [6, 6.07) is 35.7. The van der Waals surface area contributed by atoms with E-state index in [9.17, 15) is 4.79 Å². The van der Waals surface area contributed by atoms with E-state index in [2.05, 4.69) is 101 Å². The lowest BCUT2D eigenvalue weighted by Gasteiger charge is -2.27. The van der Waals surface area contributed by atoms with Crippen LogP contribution in [0.3, 0.4) is 0 Å². The van der Waals surface area contributed by atoms with Gasteiger partial charge in [-0.2, -0.15) is 0 Å². The molecule has 3 nitrogen and oxygen atoms in total. The fourth-order valence-corrected chi connectivity index (χ4v) is 7.98. The van der Waals surface area contributed by atoms with E-state index < -0.39 is 7.26 Å². The molecule has 0 aliphatic heterocycles. The summed E-state index contributed by atoms with van der Waals surface area (Å²) < 4.78 is 0. The van der Waals surface area contributed by atoms with Crippen molar-refractivity contribution >= 4 is 29.1 Å². The third-order valence-electron chi connectivity index (χ3n) is 5.25. The van der Waals surface area contributed by atoms with Gasteiger partial charge in [0.1, 0.15) is 23.2 Å². The number of nitrogens with zero attached hydrogens (tertiary/aromatic N) is 1. The molecule has 0 atom stereocenters. The van der Waals surface area contributed by atoms with E-state index in [1.807, 2.05) is 0 Å². The third-order valence-corrected chi connectivity index (χ3v) is 9.68. The number of rotatable bonds is 7. The first-order chi connectivity index (χ1) is 14.8. The number of aromatic nitrogens is 1. The van der Waals surface area contributed by atoms with Gasteiger partial charge in [0.05, 0.1) is 18.3 Å². The number of benzene rings is 3. The molecule has 1 aromatic heterocycles. The molecule has 156 valence electrons. The van der Waals surface area contributed by atoms with Crippen molar-refractivity contribution in [3.63, 3.8) is 0 Å². The maximum Gasteiger partial charge on any atom is 0.252 e. The van der Waals surface area contributed by atoms with Gasteiger partial charge in [-0.05, 0) is 48.5 Å². The zero-order valence-corrected chi connectivity index (χ0v) is 18.7. The summed E-state index contributed by atoms with van der Waals surface area (Å²) in [5.41, 5.74) is 0.584. The van der Waals surface area contributed by atoms with Crippen molar-refractivity contribution in [1.29, 1.82) is 0 Å². The second-order valence-corrected chi connectivity index (χ2v) is 10.7. The smallest absolute Gasteiger partial charge is 0.252 e. The predicted octanol–water partition coefficient (Wildman–Crippen LogP) is 0.810. The minimum Gasteiger partial charge on any atom is -1.00 e. The van der Waals surface area contributed by atoms with Crippen LogP contribution in [0.15, 0.2) is 116 Å². The molecular weight excluding hydrogens is 423 g/mol. The Kier molecular flexibility index (Phi) is 7.94. The third kappa shape index (κ3) is 5.02. The molecule has 4 aromatic rings. The van der Waals surface area contributed by atoms with Crippen LogP contribution in [0.2, 0.25) is 0 Å². The quantitative estimate of drug-likeness (QED) is 0.427. The van der Waals surface area contributed by atoms with Crippen LogP contribution in [0.25, 0.3) is 0 Å². The lowest BCUT2D eigenvalue weighted by atomic mass is 10.3. The maximum atomic E-state index is 12.6. The number of nitrogens with one attached hydrogen (secondary N) is 1. The summed E-state index contributed by atoms with van der Waals surface area (Å²) in [4.78, 5) is 16.7. The molecule has 0 radical (unpaired) electrons. The van der Waals surface area contributed by atoms with E-state index in [0.717, 1.165) is 6.16 Å². The molecule has 4 rings (SSSR count). The van der Waals surface area contributed by atoms with Gasteiger partial charge in [0.25, 0.3) is 5.91 Å². The Bertz CT molecular complexity index is 981. The normalized spacial score (nSPS) is 10.7. The first kappa shape index (κ1) is 22.7. The van der Waals surface area contributed by atoms with Crippen LogP contribution in [-0.4, -0.2) is 23.6 Å². The monoisotopic (exact) mass is 446 g/mol. The summed E-state index contributed by atoms with van der Waals surface area (Å²) in [5, 5.41) is 7.07. The molecule has 0 fully saturated rings. The first-order valence-electron chi connectivity index (χ1n) is 10.0. The molecule has 0 saturated heterocycles. The zero-order valence-electron chi connectivity index (χ0n) is 17.1. The summed E-state index contributed by atoms with van der Waals surface area (Å²) in [6.07, 6.45) is 4.12. The number of carbonyl (C=O) groups excluding carboxylic acids is 1. The van der Waals surface area contributed by atoms with Crippen LogP contribution in [0.1, 0.15) is 10.4 Å². The van der Waals surface area contributed by atoms with Gasteiger partial charge in [-0.25, -0.2) is 0 Å². The summed E-state index contributed by atoms with van der Waals surface area (Å²) >= 11 is 0. The first-order valence-corrected chi connectivity index (χ1v) is 12.0. The highest BCUT2D eigenvalue weighted by molar-refractivity contribution is 7.95. The van der Waals surface area contributed by atoms with E-state index in [1.165, 1.54) is 15.9 Å². The van der Waals surface area contributed by atoms with Gasteiger partial charge in [0, 0.05) is 12.4 Å². The van der Waals surface area contributed by atoms with Gasteiger partial charge in [-0.3, -0.25) is 9.78 Å². The van der Waals surface area contributed by atoms with Crippen LogP contribution in [-0.2, 0) is 0 Å². The van der Waals surface area contributed by atoms with E-state index in [0.29, 0.717) is 12.1 Å². The molecule has 0 spiro atoms. The summed E-state index contributed by atoms with van der Waals surface area (Å²) in [6.45, 7) is 0.584. The second kappa shape index (κ2) is 10.9. The largest absolute Gasteiger partial charge is 1.00 e. The predicted molar refractivity (Wildman–Crippen MR) is 127 cm³/mol. The minimum absolute atomic E-state index is 0. The van der Waals surface area contributed by atoms with E-state index >= 15 is 0 Å². The molecule has 5 heteroatoms. The second-order valence-electron chi connectivity index (χ2n) is 7.04. The summed E-state index contributed by atoms with van der Waals surface area (Å²) in [5.74, 6) is -0.0876. The zero-order chi connectivity index (χ0) is 20.7. The molecule has 31 heavy (non-hydrogen) atoms. The molecule has 1 heterocycles. The summed E-state index contributed by atoms with van der Waals surface area (Å²) in [7, 11) is -1.93. The van der Waals surface area contributed by atoms with Crippen LogP contribution in [0.5, 0.6) is 0 Å². The Labute approximate surface area is 190 Å². The highest BCUT2D eigenvalue weighted by Gasteiger charge is 2.44. The molecule has 0 unspecified atom stereocenters. The molecule has 3 aromatic carbocycles. The topological polar surface area (TPSA) is 42.0 Å². The Morgan fingerprint density at radius 1 is 0.710 bits per heavy atom. The lowest BCUT2D eigenvalue weighted by Crippen LogP contribution is -3.00. The minimum atomic E-state index is -1.93. The Balaban J connectivity index is 0.00000272. The van der Waals surface area contributed by atoms with E-state index in [-0.39, 0.29) is 18.3 Å². The molecule has 0 saturated carbocycles. The SMILES string of the molecule is O=C(NCC[P+](c1ccccc1)(c1ccccc1)c1ccccc1)c1cccnc1.[Cl-]. The number of amides is 1. The van der Waals surface area contributed by atoms with Crippen molar-refractivity contribution in [3.05, 3.63) is 121 Å². The molecule has 0 aliphatic carbocycles. The molecule has 1 amide bonds. The van der Waals surface area contributed by atoms with Crippen molar-refractivity contribution < 1.29 is 17.2 Å². The number of hydrogen-bond donors (Lipinski definition) is 1. The molecule has 0 bridgehead atoms. The average molecular weight is 447 g/mol. The van der Waals surface area contributed by atoms with Crippen molar-refractivity contribution in [3.8, 4) is 0 Å². The number of carbonyl (C=O) groups is 1. The van der Waals surface area contributed by atoms with Crippen LogP contribution < -0.4 is 33.6 Å². The van der Waals surface area contributed by atoms with Gasteiger partial charge in [-0.15, -0.1) is 0 Å². The molecular formula is C26H24ClN2OP. The lowest BCUT2D eigenvalue weighted by molar-refractivity contribution is -0.0000143. The van der Waals surface area contributed by atoms with Gasteiger partial charge in [0.15, 0.2) is 0 Å². The molecule has 0 aliphatic rings. The standard InChI is InChI=1S/C26H23N2OP.ClH/c29-26(22-11-10-18-27-21-22)28-19-20-30(23-12-4-1-5-13-23,24-14-6-2-7-15-24)25-16-8-3-9-17-25;/h1-18,21H,19-20H2;1H. The number of hydrogen-bond acceptors (Lipinski definition) is 2. The Morgan fingerprint density at radius 3 is 1.61 bits per heavy atom. The van der Waals surface area contributed by atoms with E-state index in [1.54, 1.807) is 24.5 Å². The fraction of sp³-hybridized carbons (Fsp3) is 0.0769. The van der Waals surface area contributed by atoms with Crippen LogP contribution >= 0.6 is 7.26 Å². The number of halogens is 1. The number of pyridine rings is 1. The Morgan fingerprint density at radius 2 is 1.19 bits per heavy atom. The van der Waals surface area contributed by atoms with Crippen LogP contribution in [0, 0.1) is 0 Å². The molecule has 1 N–H and O–H groups in total. The highest BCUT2D eigenvalue weighted by atomic mass is 35.5. The van der Waals surface area contributed by atoms with Crippen molar-refractivity contribution in [2.75, 3.05) is 12.7 Å². The highest BCUT2D eigenvalue weighted by Crippen LogP contribution is 2.54. The average Bonchev–Trinajstić information content (AvgIpc) is 2.84. The van der Waals surface area contributed by atoms with Crippen molar-refractivity contribution in [2.24, 2.45) is 0 Å². The van der Waals surface area contributed by atoms with Gasteiger partial charge in [0.2, 0.25) is 0 Å². The van der Waals surface area contributed by atoms with Gasteiger partial charge >= 0.3 is 0 Å². The fourth-order valence-electron chi connectivity index (χ4n) is 3.82.